The molecule has 0 saturated carbocycles. The summed E-state index contributed by atoms with van der Waals surface area (Å²) in [5.41, 5.74) is 0. The third-order valence-electron chi connectivity index (χ3n) is 2.13. The molecule has 0 aliphatic carbocycles. The summed E-state index contributed by atoms with van der Waals surface area (Å²) in [6.45, 7) is 2.19. The van der Waals surface area contributed by atoms with Crippen molar-refractivity contribution in [3.8, 4) is 0 Å². The van der Waals surface area contributed by atoms with Gasteiger partial charge in [0.05, 0.1) is 6.54 Å². The van der Waals surface area contributed by atoms with Crippen molar-refractivity contribution in [3.63, 3.8) is 0 Å². The van der Waals surface area contributed by atoms with Crippen molar-refractivity contribution in [1.29, 1.82) is 0 Å². The van der Waals surface area contributed by atoms with E-state index in [1.807, 2.05) is 23.1 Å². The second-order valence-corrected chi connectivity index (χ2v) is 3.02. The van der Waals surface area contributed by atoms with Crippen LogP contribution in [0, 0.1) is 0 Å². The predicted molar refractivity (Wildman–Crippen MR) is 57.7 cm³/mol. The number of nitrogens with zero attached hydrogens (tertiary/aromatic N) is 2. The van der Waals surface area contributed by atoms with E-state index in [1.165, 1.54) is 19.4 Å². The zero-order valence-electron chi connectivity index (χ0n) is 7.35. The topological polar surface area (TPSA) is 29.9 Å². The molecule has 1 aliphatic heterocycles. The molecule has 76 valence electrons. The molecule has 0 spiro atoms. The highest BCUT2D eigenvalue weighted by atomic mass is 35.5. The van der Waals surface area contributed by atoms with Crippen LogP contribution in [0.25, 0.3) is 0 Å². The van der Waals surface area contributed by atoms with E-state index in [0.29, 0.717) is 6.04 Å². The van der Waals surface area contributed by atoms with Crippen LogP contribution < -0.4 is 5.32 Å². The van der Waals surface area contributed by atoms with Crippen molar-refractivity contribution in [2.24, 2.45) is 0 Å². The van der Waals surface area contributed by atoms with Gasteiger partial charge in [-0.05, 0) is 25.5 Å². The van der Waals surface area contributed by atoms with E-state index in [4.69, 9.17) is 0 Å². The van der Waals surface area contributed by atoms with Crippen molar-refractivity contribution >= 4 is 24.8 Å². The lowest BCUT2D eigenvalue weighted by molar-refractivity contribution is 0.476. The van der Waals surface area contributed by atoms with Gasteiger partial charge in [-0.15, -0.1) is 24.8 Å². The van der Waals surface area contributed by atoms with Gasteiger partial charge in [-0.1, -0.05) is 0 Å². The molecule has 1 N–H and O–H groups in total. The van der Waals surface area contributed by atoms with Crippen LogP contribution in [0.15, 0.2) is 18.5 Å². The fourth-order valence-corrected chi connectivity index (χ4v) is 1.55. The number of aromatic nitrogens is 2. The van der Waals surface area contributed by atoms with Gasteiger partial charge in [0.15, 0.2) is 0 Å². The van der Waals surface area contributed by atoms with Crippen LogP contribution >= 0.6 is 24.8 Å². The lowest BCUT2D eigenvalue weighted by atomic mass is 10.2. The van der Waals surface area contributed by atoms with Crippen molar-refractivity contribution in [2.45, 2.75) is 25.4 Å². The van der Waals surface area contributed by atoms with Crippen LogP contribution in [0.1, 0.15) is 12.8 Å². The maximum atomic E-state index is 4.16. The van der Waals surface area contributed by atoms with Crippen LogP contribution in [0.3, 0.4) is 0 Å². The minimum Gasteiger partial charge on any atom is -0.312 e. The predicted octanol–water partition coefficient (Wildman–Crippen LogP) is 1.48. The average molecular weight is 224 g/mol. The summed E-state index contributed by atoms with van der Waals surface area (Å²) in [6.07, 6.45) is 6.45. The lowest BCUT2D eigenvalue weighted by Gasteiger charge is -2.08. The first-order chi connectivity index (χ1) is 5.45. The number of nitrogens with one attached hydrogen (secondary N) is 1. The normalized spacial score (nSPS) is 20.5. The zero-order chi connectivity index (χ0) is 7.52. The van der Waals surface area contributed by atoms with Crippen molar-refractivity contribution in [1.82, 2.24) is 15.1 Å². The largest absolute Gasteiger partial charge is 0.312 e. The molecule has 0 aromatic carbocycles. The van der Waals surface area contributed by atoms with Crippen LogP contribution in [0.5, 0.6) is 0 Å². The highest BCUT2D eigenvalue weighted by Gasteiger charge is 2.13. The fraction of sp³-hybridized carbons (Fsp3) is 0.625. The molecule has 13 heavy (non-hydrogen) atoms. The van der Waals surface area contributed by atoms with Crippen LogP contribution in [0.4, 0.5) is 0 Å². The lowest BCUT2D eigenvalue weighted by Crippen LogP contribution is -2.26. The Morgan fingerprint density at radius 2 is 2.31 bits per heavy atom. The van der Waals surface area contributed by atoms with Gasteiger partial charge in [0.25, 0.3) is 0 Å². The monoisotopic (exact) mass is 223 g/mol. The number of hydrogen-bond acceptors (Lipinski definition) is 2. The summed E-state index contributed by atoms with van der Waals surface area (Å²) in [5.74, 6) is 0. The molecule has 2 rings (SSSR count). The van der Waals surface area contributed by atoms with E-state index in [-0.39, 0.29) is 24.8 Å². The van der Waals surface area contributed by atoms with Crippen molar-refractivity contribution in [2.75, 3.05) is 6.54 Å². The Bertz CT molecular complexity index is 207. The highest BCUT2D eigenvalue weighted by Crippen LogP contribution is 2.06. The third-order valence-corrected chi connectivity index (χ3v) is 2.13. The zero-order valence-corrected chi connectivity index (χ0v) is 8.98. The molecule has 1 atom stereocenters. The Labute approximate surface area is 90.7 Å². The molecular weight excluding hydrogens is 209 g/mol. The van der Waals surface area contributed by atoms with E-state index in [0.717, 1.165) is 6.54 Å². The van der Waals surface area contributed by atoms with Crippen molar-refractivity contribution < 1.29 is 0 Å². The Hall–Kier alpha value is -0.250. The molecule has 2 heterocycles. The standard InChI is InChI=1S/C8H13N3.2ClH/c1-3-8(9-4-1)7-11-6-2-5-10-11;;/h2,5-6,8-9H,1,3-4,7H2;2*1H. The molecule has 1 unspecified atom stereocenters. The average Bonchev–Trinajstić information content (AvgIpc) is 2.60. The van der Waals surface area contributed by atoms with Gasteiger partial charge >= 0.3 is 0 Å². The Balaban J connectivity index is 0.000000720. The first kappa shape index (κ1) is 12.8. The maximum Gasteiger partial charge on any atom is 0.0562 e. The van der Waals surface area contributed by atoms with E-state index in [1.54, 1.807) is 0 Å². The molecule has 1 aromatic heterocycles. The van der Waals surface area contributed by atoms with Crippen LogP contribution in [-0.4, -0.2) is 22.4 Å². The van der Waals surface area contributed by atoms with Gasteiger partial charge in [-0.3, -0.25) is 4.68 Å². The Morgan fingerprint density at radius 3 is 2.85 bits per heavy atom. The van der Waals surface area contributed by atoms with Gasteiger partial charge in [0, 0.05) is 18.4 Å². The van der Waals surface area contributed by atoms with E-state index >= 15 is 0 Å². The molecule has 5 heteroatoms. The first-order valence-electron chi connectivity index (χ1n) is 4.16. The second-order valence-electron chi connectivity index (χ2n) is 3.02. The quantitative estimate of drug-likeness (QED) is 0.824. The van der Waals surface area contributed by atoms with Gasteiger partial charge in [-0.25, -0.2) is 0 Å². The highest BCUT2D eigenvalue weighted by molar-refractivity contribution is 5.85. The number of rotatable bonds is 2. The van der Waals surface area contributed by atoms with E-state index < -0.39 is 0 Å². The third kappa shape index (κ3) is 3.55. The molecule has 0 bridgehead atoms. The number of hydrogen-bond donors (Lipinski definition) is 1. The summed E-state index contributed by atoms with van der Waals surface area (Å²) in [5, 5.41) is 7.59. The van der Waals surface area contributed by atoms with Gasteiger partial charge < -0.3 is 5.32 Å². The minimum atomic E-state index is 0. The van der Waals surface area contributed by atoms with Crippen molar-refractivity contribution in [3.05, 3.63) is 18.5 Å². The van der Waals surface area contributed by atoms with Crippen LogP contribution in [0.2, 0.25) is 0 Å². The number of halogens is 2. The summed E-state index contributed by atoms with van der Waals surface area (Å²) in [6, 6.07) is 2.62. The van der Waals surface area contributed by atoms with Crippen LogP contribution in [-0.2, 0) is 6.54 Å². The van der Waals surface area contributed by atoms with E-state index in [2.05, 4.69) is 10.4 Å². The molecule has 1 aliphatic rings. The van der Waals surface area contributed by atoms with Gasteiger partial charge in [0.2, 0.25) is 0 Å². The Kier molecular flexibility index (Phi) is 6.12. The molecule has 3 nitrogen and oxygen atoms in total. The summed E-state index contributed by atoms with van der Waals surface area (Å²) < 4.78 is 1.99. The molecule has 1 fully saturated rings. The maximum absolute atomic E-state index is 4.16. The van der Waals surface area contributed by atoms with Gasteiger partial charge in [-0.2, -0.15) is 5.10 Å². The first-order valence-corrected chi connectivity index (χ1v) is 4.16. The minimum absolute atomic E-state index is 0. The summed E-state index contributed by atoms with van der Waals surface area (Å²) in [4.78, 5) is 0. The summed E-state index contributed by atoms with van der Waals surface area (Å²) >= 11 is 0. The second kappa shape index (κ2) is 6.24. The van der Waals surface area contributed by atoms with E-state index in [9.17, 15) is 0 Å². The SMILES string of the molecule is Cl.Cl.c1cnn(CC2CCCN2)c1. The Morgan fingerprint density at radius 1 is 1.46 bits per heavy atom. The van der Waals surface area contributed by atoms with Gasteiger partial charge in [0.1, 0.15) is 0 Å². The molecule has 1 saturated heterocycles. The smallest absolute Gasteiger partial charge is 0.0562 e. The molecule has 1 aromatic rings. The summed E-state index contributed by atoms with van der Waals surface area (Å²) in [7, 11) is 0. The molecular formula is C8H15Cl2N3. The molecule has 0 amide bonds. The molecule has 0 radical (unpaired) electrons. The fourth-order valence-electron chi connectivity index (χ4n) is 1.55.